The molecule has 102 valence electrons. The van der Waals surface area contributed by atoms with Gasteiger partial charge in [0.15, 0.2) is 0 Å². The number of hydrogen-bond acceptors (Lipinski definition) is 2. The molecule has 3 nitrogen and oxygen atoms in total. The monoisotopic (exact) mass is 257 g/mol. The molecule has 0 saturated heterocycles. The van der Waals surface area contributed by atoms with Gasteiger partial charge in [0.25, 0.3) is 0 Å². The van der Waals surface area contributed by atoms with E-state index < -0.39 is 0 Å². The maximum Gasteiger partial charge on any atom is 0.0306 e. The van der Waals surface area contributed by atoms with Gasteiger partial charge in [-0.3, -0.25) is 4.98 Å². The molecule has 1 unspecified atom stereocenters. The SMILES string of the molecule is CCCNC(C)c1ccn(CCc2cccnc2)c1. The summed E-state index contributed by atoms with van der Waals surface area (Å²) in [7, 11) is 0. The Bertz CT molecular complexity index is 476. The summed E-state index contributed by atoms with van der Waals surface area (Å²) in [5.74, 6) is 0. The van der Waals surface area contributed by atoms with E-state index in [1.165, 1.54) is 17.5 Å². The Morgan fingerprint density at radius 1 is 1.37 bits per heavy atom. The van der Waals surface area contributed by atoms with Crippen LogP contribution in [0.2, 0.25) is 0 Å². The average Bonchev–Trinajstić information content (AvgIpc) is 2.92. The first-order valence-corrected chi connectivity index (χ1v) is 7.07. The van der Waals surface area contributed by atoms with Crippen molar-refractivity contribution < 1.29 is 0 Å². The second kappa shape index (κ2) is 7.10. The van der Waals surface area contributed by atoms with Gasteiger partial charge in [-0.05, 0) is 49.6 Å². The molecule has 2 aromatic heterocycles. The van der Waals surface area contributed by atoms with Gasteiger partial charge in [0.1, 0.15) is 0 Å². The first-order chi connectivity index (χ1) is 9.29. The van der Waals surface area contributed by atoms with Crippen molar-refractivity contribution in [1.82, 2.24) is 14.9 Å². The normalized spacial score (nSPS) is 12.5. The minimum atomic E-state index is 0.430. The zero-order chi connectivity index (χ0) is 13.5. The van der Waals surface area contributed by atoms with Gasteiger partial charge in [-0.15, -0.1) is 0 Å². The summed E-state index contributed by atoms with van der Waals surface area (Å²) in [4.78, 5) is 4.14. The van der Waals surface area contributed by atoms with Crippen LogP contribution >= 0.6 is 0 Å². The maximum absolute atomic E-state index is 4.14. The van der Waals surface area contributed by atoms with Crippen LogP contribution in [-0.2, 0) is 13.0 Å². The number of aryl methyl sites for hydroxylation is 2. The van der Waals surface area contributed by atoms with Crippen molar-refractivity contribution in [3.05, 3.63) is 54.1 Å². The highest BCUT2D eigenvalue weighted by Gasteiger charge is 2.05. The van der Waals surface area contributed by atoms with Gasteiger partial charge in [-0.25, -0.2) is 0 Å². The molecule has 3 heteroatoms. The zero-order valence-corrected chi connectivity index (χ0v) is 11.8. The summed E-state index contributed by atoms with van der Waals surface area (Å²) < 4.78 is 2.26. The Hall–Kier alpha value is -1.61. The zero-order valence-electron chi connectivity index (χ0n) is 11.8. The first kappa shape index (κ1) is 13.8. The van der Waals surface area contributed by atoms with Gasteiger partial charge in [0, 0.05) is 37.4 Å². The molecule has 0 aliphatic heterocycles. The number of aromatic nitrogens is 2. The molecule has 0 aromatic carbocycles. The third-order valence-corrected chi connectivity index (χ3v) is 3.36. The Labute approximate surface area is 115 Å². The van der Waals surface area contributed by atoms with E-state index in [0.29, 0.717) is 6.04 Å². The van der Waals surface area contributed by atoms with E-state index in [2.05, 4.69) is 53.2 Å². The van der Waals surface area contributed by atoms with Crippen molar-refractivity contribution >= 4 is 0 Å². The highest BCUT2D eigenvalue weighted by molar-refractivity contribution is 5.15. The smallest absolute Gasteiger partial charge is 0.0306 e. The fourth-order valence-corrected chi connectivity index (χ4v) is 2.14. The average molecular weight is 257 g/mol. The molecule has 0 spiro atoms. The molecule has 2 aromatic rings. The van der Waals surface area contributed by atoms with Crippen LogP contribution in [0.4, 0.5) is 0 Å². The van der Waals surface area contributed by atoms with Crippen molar-refractivity contribution in [3.63, 3.8) is 0 Å². The van der Waals surface area contributed by atoms with Gasteiger partial charge >= 0.3 is 0 Å². The van der Waals surface area contributed by atoms with Crippen molar-refractivity contribution in [2.45, 2.75) is 39.3 Å². The van der Waals surface area contributed by atoms with Crippen LogP contribution in [0.3, 0.4) is 0 Å². The third kappa shape index (κ3) is 4.21. The lowest BCUT2D eigenvalue weighted by Crippen LogP contribution is -2.18. The molecule has 0 bridgehead atoms. The Kier molecular flexibility index (Phi) is 5.16. The molecule has 1 atom stereocenters. The molecule has 0 aliphatic carbocycles. The highest BCUT2D eigenvalue weighted by Crippen LogP contribution is 2.13. The minimum absolute atomic E-state index is 0.430. The van der Waals surface area contributed by atoms with E-state index in [1.807, 2.05) is 18.5 Å². The summed E-state index contributed by atoms with van der Waals surface area (Å²) in [6.45, 7) is 6.49. The highest BCUT2D eigenvalue weighted by atomic mass is 15.0. The maximum atomic E-state index is 4.14. The van der Waals surface area contributed by atoms with Crippen molar-refractivity contribution in [3.8, 4) is 0 Å². The predicted molar refractivity (Wildman–Crippen MR) is 79.1 cm³/mol. The summed E-state index contributed by atoms with van der Waals surface area (Å²) >= 11 is 0. The van der Waals surface area contributed by atoms with E-state index in [-0.39, 0.29) is 0 Å². The summed E-state index contributed by atoms with van der Waals surface area (Å²) in [5.41, 5.74) is 2.65. The molecule has 0 aliphatic rings. The molecule has 0 fully saturated rings. The third-order valence-electron chi connectivity index (χ3n) is 3.36. The van der Waals surface area contributed by atoms with Crippen LogP contribution in [0.5, 0.6) is 0 Å². The molecule has 19 heavy (non-hydrogen) atoms. The Morgan fingerprint density at radius 2 is 2.26 bits per heavy atom. The van der Waals surface area contributed by atoms with Crippen LogP contribution in [-0.4, -0.2) is 16.1 Å². The van der Waals surface area contributed by atoms with Crippen molar-refractivity contribution in [2.75, 3.05) is 6.54 Å². The Balaban J connectivity index is 1.87. The van der Waals surface area contributed by atoms with Gasteiger partial charge in [-0.2, -0.15) is 0 Å². The molecule has 0 amide bonds. The molecular formula is C16H23N3. The van der Waals surface area contributed by atoms with E-state index in [0.717, 1.165) is 19.5 Å². The molecule has 2 heterocycles. The van der Waals surface area contributed by atoms with Gasteiger partial charge < -0.3 is 9.88 Å². The van der Waals surface area contributed by atoms with Crippen LogP contribution < -0.4 is 5.32 Å². The lowest BCUT2D eigenvalue weighted by Gasteiger charge is -2.11. The summed E-state index contributed by atoms with van der Waals surface area (Å²) in [6, 6.07) is 6.76. The van der Waals surface area contributed by atoms with Crippen LogP contribution in [0.25, 0.3) is 0 Å². The fourth-order valence-electron chi connectivity index (χ4n) is 2.14. The van der Waals surface area contributed by atoms with Gasteiger partial charge in [0.2, 0.25) is 0 Å². The van der Waals surface area contributed by atoms with Gasteiger partial charge in [-0.1, -0.05) is 13.0 Å². The molecular weight excluding hydrogens is 234 g/mol. The van der Waals surface area contributed by atoms with Crippen molar-refractivity contribution in [1.29, 1.82) is 0 Å². The topological polar surface area (TPSA) is 29.9 Å². The summed E-state index contributed by atoms with van der Waals surface area (Å²) in [6.07, 6.45) is 10.4. The lowest BCUT2D eigenvalue weighted by molar-refractivity contribution is 0.568. The fraction of sp³-hybridized carbons (Fsp3) is 0.438. The Morgan fingerprint density at radius 3 is 3.00 bits per heavy atom. The lowest BCUT2D eigenvalue weighted by atomic mass is 10.2. The van der Waals surface area contributed by atoms with Crippen molar-refractivity contribution in [2.24, 2.45) is 0 Å². The molecule has 1 N–H and O–H groups in total. The van der Waals surface area contributed by atoms with Crippen LogP contribution in [0.1, 0.15) is 37.4 Å². The quantitative estimate of drug-likeness (QED) is 0.825. The van der Waals surface area contributed by atoms with Crippen LogP contribution in [0.15, 0.2) is 43.0 Å². The second-order valence-electron chi connectivity index (χ2n) is 4.97. The number of nitrogens with zero attached hydrogens (tertiary/aromatic N) is 2. The number of nitrogens with one attached hydrogen (secondary N) is 1. The predicted octanol–water partition coefficient (Wildman–Crippen LogP) is 3.19. The molecule has 0 saturated carbocycles. The largest absolute Gasteiger partial charge is 0.354 e. The number of pyridine rings is 1. The minimum Gasteiger partial charge on any atom is -0.354 e. The summed E-state index contributed by atoms with van der Waals surface area (Å²) in [5, 5.41) is 3.51. The van der Waals surface area contributed by atoms with E-state index >= 15 is 0 Å². The number of hydrogen-bond donors (Lipinski definition) is 1. The molecule has 2 rings (SSSR count). The number of rotatable bonds is 7. The van der Waals surface area contributed by atoms with Crippen LogP contribution in [0, 0.1) is 0 Å². The van der Waals surface area contributed by atoms with E-state index in [4.69, 9.17) is 0 Å². The molecule has 0 radical (unpaired) electrons. The first-order valence-electron chi connectivity index (χ1n) is 7.07. The standard InChI is InChI=1S/C16H23N3/c1-3-8-18-14(2)16-7-11-19(13-16)10-6-15-5-4-9-17-12-15/h4-5,7,9,11-14,18H,3,6,8,10H2,1-2H3. The second-order valence-corrected chi connectivity index (χ2v) is 4.97. The van der Waals surface area contributed by atoms with E-state index in [1.54, 1.807) is 0 Å². The van der Waals surface area contributed by atoms with Gasteiger partial charge in [0.05, 0.1) is 0 Å². The van der Waals surface area contributed by atoms with E-state index in [9.17, 15) is 0 Å².